The molecule has 1 saturated heterocycles. The first-order chi connectivity index (χ1) is 15.6. The number of anilines is 1. The van der Waals surface area contributed by atoms with Gasteiger partial charge in [-0.15, -0.1) is 0 Å². The van der Waals surface area contributed by atoms with Gasteiger partial charge in [-0.25, -0.2) is 9.59 Å². The summed E-state index contributed by atoms with van der Waals surface area (Å²) in [5.74, 6) is -1.44. The quantitative estimate of drug-likeness (QED) is 0.206. The second kappa shape index (κ2) is 12.1. The molecule has 3 heterocycles. The zero-order valence-electron chi connectivity index (χ0n) is 17.2. The summed E-state index contributed by atoms with van der Waals surface area (Å²) in [4.78, 5) is 55.6. The number of rotatable bonds is 7. The van der Waals surface area contributed by atoms with Crippen LogP contribution in [0.3, 0.4) is 0 Å². The van der Waals surface area contributed by atoms with Gasteiger partial charge in [0.05, 0.1) is 16.2 Å². The van der Waals surface area contributed by atoms with Crippen molar-refractivity contribution >= 4 is 67.1 Å². The number of aliphatic hydroxyl groups is 1. The van der Waals surface area contributed by atoms with Crippen LogP contribution in [0.15, 0.2) is 18.2 Å². The average Bonchev–Trinajstić information content (AvgIpc) is 2.75. The Morgan fingerprint density at radius 3 is 2.70 bits per heavy atom. The summed E-state index contributed by atoms with van der Waals surface area (Å²) in [6.07, 6.45) is -3.47. The molecule has 0 radical (unpaired) electrons. The summed E-state index contributed by atoms with van der Waals surface area (Å²) < 4.78 is 9.32. The van der Waals surface area contributed by atoms with Crippen molar-refractivity contribution in [1.82, 2.24) is 4.90 Å². The van der Waals surface area contributed by atoms with Crippen LogP contribution in [0.2, 0.25) is 0 Å². The maximum atomic E-state index is 11.6. The van der Waals surface area contributed by atoms with Gasteiger partial charge < -0.3 is 19.7 Å². The number of β-lactam (4-membered cyclic amide) rings is 1. The average molecular weight is 522 g/mol. The second-order valence-electron chi connectivity index (χ2n) is 6.16. The number of thioether (sulfide) groups is 1. The molecule has 3 aliphatic heterocycles. The predicted octanol–water partition coefficient (Wildman–Crippen LogP) is 2.48. The van der Waals surface area contributed by atoms with Crippen LogP contribution in [0.5, 0.6) is 0 Å². The smallest absolute Gasteiger partial charge is 0.411 e. The molecule has 13 nitrogen and oxygen atoms in total. The Kier molecular flexibility index (Phi) is 9.78. The zero-order chi connectivity index (χ0) is 24.7. The number of carboxylic acid groups (broad SMARTS) is 1. The topological polar surface area (TPSA) is 186 Å². The Morgan fingerprint density at radius 2 is 2.12 bits per heavy atom. The predicted molar refractivity (Wildman–Crippen MR) is 121 cm³/mol. The summed E-state index contributed by atoms with van der Waals surface area (Å²) in [5, 5.41) is 30.2. The van der Waals surface area contributed by atoms with E-state index in [0.29, 0.717) is 11.3 Å². The molecule has 2 bridgehead atoms. The third-order valence-electron chi connectivity index (χ3n) is 4.12. The van der Waals surface area contributed by atoms with E-state index in [0.717, 1.165) is 33.2 Å². The van der Waals surface area contributed by atoms with Crippen molar-refractivity contribution in [1.29, 1.82) is 0 Å². The molecule has 16 heteroatoms. The van der Waals surface area contributed by atoms with Gasteiger partial charge in [-0.3, -0.25) is 29.9 Å². The van der Waals surface area contributed by atoms with Gasteiger partial charge in [-0.1, -0.05) is 17.7 Å². The number of nitro benzene ring substituents is 1. The Balaban J connectivity index is 0.000000243. The number of carboxylic acids is 1. The Morgan fingerprint density at radius 1 is 1.42 bits per heavy atom. The first kappa shape index (κ1) is 26.7. The van der Waals surface area contributed by atoms with Crippen molar-refractivity contribution in [2.75, 3.05) is 18.2 Å². The number of hydrogen-bond acceptors (Lipinski definition) is 12. The van der Waals surface area contributed by atoms with Crippen LogP contribution in [0.1, 0.15) is 12.5 Å². The fraction of sp³-hybridized carbons (Fsp3) is 0.412. The van der Waals surface area contributed by atoms with Crippen LogP contribution < -0.4 is 5.32 Å². The van der Waals surface area contributed by atoms with Crippen LogP contribution in [-0.4, -0.2) is 73.0 Å². The lowest BCUT2D eigenvalue weighted by Crippen LogP contribution is -2.68. The number of methoxy groups -OCH3 is 1. The number of nitro groups is 1. The van der Waals surface area contributed by atoms with Crippen molar-refractivity contribution < 1.29 is 43.8 Å². The Bertz CT molecular complexity index is 947. The minimum Gasteiger partial charge on any atom is -0.478 e. The summed E-state index contributed by atoms with van der Waals surface area (Å²) in [5.41, 5.74) is 0.723. The van der Waals surface area contributed by atoms with Gasteiger partial charge in [0.1, 0.15) is 12.0 Å². The summed E-state index contributed by atoms with van der Waals surface area (Å²) in [7, 11) is 3.64. The third kappa shape index (κ3) is 6.73. The number of benzene rings is 1. The molecule has 3 N–H and O–H groups in total. The van der Waals surface area contributed by atoms with Crippen LogP contribution >= 0.6 is 33.3 Å². The van der Waals surface area contributed by atoms with Gasteiger partial charge in [0.2, 0.25) is 6.23 Å². The molecule has 33 heavy (non-hydrogen) atoms. The summed E-state index contributed by atoms with van der Waals surface area (Å²) in [6, 6.07) is 4.48. The maximum absolute atomic E-state index is 11.6. The molecular weight excluding hydrogens is 502 g/mol. The summed E-state index contributed by atoms with van der Waals surface area (Å²) in [6.45, 7) is 1.81. The molecule has 0 aromatic heterocycles. The highest BCUT2D eigenvalue weighted by Gasteiger charge is 2.53. The fourth-order valence-corrected chi connectivity index (χ4v) is 5.61. The van der Waals surface area contributed by atoms with Crippen molar-refractivity contribution in [2.45, 2.75) is 31.2 Å². The lowest BCUT2D eigenvalue weighted by atomic mass is 10.1. The fourth-order valence-electron chi connectivity index (χ4n) is 2.63. The highest BCUT2D eigenvalue weighted by atomic mass is 33.1. The lowest BCUT2D eigenvalue weighted by molar-refractivity contribution is -0.385. The van der Waals surface area contributed by atoms with Gasteiger partial charge in [-0.2, -0.15) is 0 Å². The molecule has 180 valence electrons. The van der Waals surface area contributed by atoms with Crippen LogP contribution in [0, 0.1) is 10.1 Å². The van der Waals surface area contributed by atoms with Gasteiger partial charge >= 0.3 is 12.1 Å². The molecule has 0 spiro atoms. The van der Waals surface area contributed by atoms with E-state index < -0.39 is 40.6 Å². The number of amides is 2. The van der Waals surface area contributed by atoms with Gasteiger partial charge in [-0.05, 0) is 34.7 Å². The number of carbonyl (C=O) groups excluding carboxylic acids is 3. The molecule has 0 saturated carbocycles. The number of likely N-dealkylation sites (tertiary alicyclic amines) is 1. The van der Waals surface area contributed by atoms with Crippen LogP contribution in [-0.2, 0) is 25.7 Å². The van der Waals surface area contributed by atoms with E-state index >= 15 is 0 Å². The van der Waals surface area contributed by atoms with Crippen molar-refractivity contribution in [3.63, 3.8) is 0 Å². The minimum atomic E-state index is -1.96. The normalized spacial score (nSPS) is 19.7. The number of aliphatic carboxylic acids is 1. The van der Waals surface area contributed by atoms with E-state index in [-0.39, 0.29) is 16.7 Å². The molecule has 2 amide bonds. The zero-order valence-corrected chi connectivity index (χ0v) is 19.6. The highest BCUT2D eigenvalue weighted by molar-refractivity contribution is 8.85. The Hall–Kier alpha value is -2.53. The van der Waals surface area contributed by atoms with Crippen molar-refractivity contribution in [3.8, 4) is 0 Å². The van der Waals surface area contributed by atoms with Crippen LogP contribution in [0.4, 0.5) is 21.0 Å². The van der Waals surface area contributed by atoms with E-state index in [2.05, 4.69) is 5.32 Å². The van der Waals surface area contributed by atoms with Gasteiger partial charge in [0.25, 0.3) is 16.0 Å². The monoisotopic (exact) mass is 521 g/mol. The molecule has 3 aliphatic rings. The maximum Gasteiger partial charge on any atom is 0.411 e. The molecule has 1 aromatic carbocycles. The largest absolute Gasteiger partial charge is 0.478 e. The molecular formula is C17H19N3O10S3. The molecule has 0 aliphatic carbocycles. The van der Waals surface area contributed by atoms with E-state index in [9.17, 15) is 34.4 Å². The number of nitrogens with one attached hydrogen (secondary N) is 1. The van der Waals surface area contributed by atoms with Crippen molar-refractivity contribution in [3.05, 3.63) is 33.9 Å². The first-order valence-electron chi connectivity index (χ1n) is 9.07. The summed E-state index contributed by atoms with van der Waals surface area (Å²) >= 11 is 0.777. The third-order valence-corrected chi connectivity index (χ3v) is 7.89. The van der Waals surface area contributed by atoms with E-state index in [1.54, 1.807) is 12.1 Å². The van der Waals surface area contributed by atoms with E-state index in [1.165, 1.54) is 24.0 Å². The first-order valence-corrected chi connectivity index (χ1v) is 12.3. The van der Waals surface area contributed by atoms with E-state index in [4.69, 9.17) is 14.6 Å². The van der Waals surface area contributed by atoms with E-state index in [1.807, 2.05) is 6.92 Å². The lowest BCUT2D eigenvalue weighted by Gasteiger charge is -2.45. The number of nitrogens with zero attached hydrogens (tertiary/aromatic N) is 2. The van der Waals surface area contributed by atoms with Gasteiger partial charge in [0, 0.05) is 18.9 Å². The molecule has 3 unspecified atom stereocenters. The molecule has 3 atom stereocenters. The van der Waals surface area contributed by atoms with Crippen LogP contribution in [0.25, 0.3) is 0 Å². The Labute approximate surface area is 199 Å². The van der Waals surface area contributed by atoms with Gasteiger partial charge in [0.15, 0.2) is 6.10 Å². The highest BCUT2D eigenvalue weighted by Crippen LogP contribution is 2.39. The number of aliphatic hydroxyl groups excluding tert-OH is 1. The molecule has 1 fully saturated rings. The molecule has 1 aromatic rings. The number of hydrogen-bond donors (Lipinski definition) is 3. The number of carbonyl (C=O) groups is 4. The number of ether oxygens (including phenoxy) is 2. The standard InChI is InChI=1S/C9H13NO6S3.C8H6N2O4/c1-3-17-19-9(15)18-7-4(16-2)5(11)10(7)6(12)8(13)14;11-8-9-6-2-1-5(4-14-8)7(3-6)10(12)13/h4,6-7,12H,3H2,1-2H3,(H,13,14);1-3H,4H2,(H,9,11). The molecule has 4 rings (SSSR count). The number of fused-ring (bicyclic) bond motifs is 5. The second-order valence-corrected chi connectivity index (χ2v) is 10.1. The minimum absolute atomic E-state index is 0.0394. The SMILES string of the molecule is CCSSC(=O)SC1C(OC)C(=O)N1C(O)C(=O)O.O=C1Nc2ccc(c([N+](=O)[O-])c2)CO1. The van der Waals surface area contributed by atoms with Crippen molar-refractivity contribution in [2.24, 2.45) is 0 Å².